The number of nitrogens with zero attached hydrogens (tertiary/aromatic N) is 1. The lowest BCUT2D eigenvalue weighted by molar-refractivity contribution is -0.129. The number of carbonyl (C=O) groups excluding carboxylic acids is 1. The summed E-state index contributed by atoms with van der Waals surface area (Å²) in [6, 6.07) is 15.1. The normalized spacial score (nSPS) is 17.4. The van der Waals surface area contributed by atoms with E-state index in [0.717, 1.165) is 38.1 Å². The first kappa shape index (κ1) is 18.1. The van der Waals surface area contributed by atoms with E-state index in [-0.39, 0.29) is 5.91 Å². The number of benzene rings is 2. The van der Waals surface area contributed by atoms with Gasteiger partial charge in [0.1, 0.15) is 12.4 Å². The van der Waals surface area contributed by atoms with E-state index in [9.17, 15) is 4.79 Å². The van der Waals surface area contributed by atoms with Crippen LogP contribution in [0.4, 0.5) is 0 Å². The van der Waals surface area contributed by atoms with E-state index < -0.39 is 0 Å². The first-order valence-corrected chi connectivity index (χ1v) is 10.3. The molecule has 0 unspecified atom stereocenters. The average Bonchev–Trinajstić information content (AvgIpc) is 2.72. The van der Waals surface area contributed by atoms with Crippen molar-refractivity contribution in [2.45, 2.75) is 58.0 Å². The lowest BCUT2D eigenvalue weighted by Gasteiger charge is -2.33. The Bertz CT molecular complexity index is 792. The summed E-state index contributed by atoms with van der Waals surface area (Å²) >= 11 is 0. The second-order valence-corrected chi connectivity index (χ2v) is 7.88. The molecule has 3 heteroatoms. The summed E-state index contributed by atoms with van der Waals surface area (Å²) in [6.07, 6.45) is 6.88. The van der Waals surface area contributed by atoms with Crippen LogP contribution in [0.2, 0.25) is 0 Å². The standard InChI is InChI=1S/C24H29NO2/c1-18(26)25-15-13-21(14-16-25)23-12-11-20-9-5-6-10-22(20)24(23)27-17-19-7-3-2-4-8-19/h2-4,7-8,11-12,21H,5-6,9-10,13-17H2,1H3. The highest BCUT2D eigenvalue weighted by atomic mass is 16.5. The molecule has 1 amide bonds. The van der Waals surface area contributed by atoms with Gasteiger partial charge in [0.25, 0.3) is 0 Å². The van der Waals surface area contributed by atoms with E-state index >= 15 is 0 Å². The van der Waals surface area contributed by atoms with Crippen LogP contribution in [0.25, 0.3) is 0 Å². The van der Waals surface area contributed by atoms with Crippen LogP contribution in [0.15, 0.2) is 42.5 Å². The van der Waals surface area contributed by atoms with E-state index in [0.29, 0.717) is 12.5 Å². The van der Waals surface area contributed by atoms with Crippen molar-refractivity contribution >= 4 is 5.91 Å². The van der Waals surface area contributed by atoms with Gasteiger partial charge in [0.05, 0.1) is 0 Å². The Labute approximate surface area is 162 Å². The summed E-state index contributed by atoms with van der Waals surface area (Å²) in [7, 11) is 0. The molecule has 1 heterocycles. The number of hydrogen-bond donors (Lipinski definition) is 0. The fourth-order valence-corrected chi connectivity index (χ4v) is 4.54. The zero-order valence-corrected chi connectivity index (χ0v) is 16.2. The lowest BCUT2D eigenvalue weighted by atomic mass is 9.83. The van der Waals surface area contributed by atoms with Crippen LogP contribution >= 0.6 is 0 Å². The fraction of sp³-hybridized carbons (Fsp3) is 0.458. The third-order valence-electron chi connectivity index (χ3n) is 6.12. The lowest BCUT2D eigenvalue weighted by Crippen LogP contribution is -2.36. The SMILES string of the molecule is CC(=O)N1CCC(c2ccc3c(c2OCc2ccccc2)CCCC3)CC1. The minimum atomic E-state index is 0.194. The zero-order valence-electron chi connectivity index (χ0n) is 16.2. The molecule has 2 aromatic rings. The molecule has 1 saturated heterocycles. The molecule has 0 bridgehead atoms. The maximum atomic E-state index is 11.7. The predicted octanol–water partition coefficient (Wildman–Crippen LogP) is 4.87. The molecule has 0 spiro atoms. The zero-order chi connectivity index (χ0) is 18.6. The second kappa shape index (κ2) is 8.16. The molecule has 2 aromatic carbocycles. The summed E-state index contributed by atoms with van der Waals surface area (Å²) in [4.78, 5) is 13.6. The number of piperidine rings is 1. The molecule has 1 fully saturated rings. The smallest absolute Gasteiger partial charge is 0.219 e. The van der Waals surface area contributed by atoms with Crippen molar-refractivity contribution < 1.29 is 9.53 Å². The summed E-state index contributed by atoms with van der Waals surface area (Å²) in [5.41, 5.74) is 5.47. The monoisotopic (exact) mass is 363 g/mol. The Balaban J connectivity index is 1.60. The third kappa shape index (κ3) is 4.02. The maximum Gasteiger partial charge on any atom is 0.219 e. The second-order valence-electron chi connectivity index (χ2n) is 7.88. The molecule has 4 rings (SSSR count). The van der Waals surface area contributed by atoms with Gasteiger partial charge in [0, 0.05) is 20.0 Å². The first-order valence-electron chi connectivity index (χ1n) is 10.3. The number of rotatable bonds is 4. The van der Waals surface area contributed by atoms with Crippen LogP contribution < -0.4 is 4.74 Å². The van der Waals surface area contributed by atoms with Crippen molar-refractivity contribution in [2.24, 2.45) is 0 Å². The van der Waals surface area contributed by atoms with Crippen molar-refractivity contribution in [1.82, 2.24) is 4.90 Å². The molecule has 3 nitrogen and oxygen atoms in total. The number of ether oxygens (including phenoxy) is 1. The Kier molecular flexibility index (Phi) is 5.47. The number of aryl methyl sites for hydroxylation is 1. The Morgan fingerprint density at radius 3 is 2.52 bits per heavy atom. The Hall–Kier alpha value is -2.29. The van der Waals surface area contributed by atoms with Crippen molar-refractivity contribution in [3.05, 3.63) is 64.7 Å². The van der Waals surface area contributed by atoms with Gasteiger partial charge in [-0.3, -0.25) is 4.79 Å². The van der Waals surface area contributed by atoms with Gasteiger partial charge in [0.2, 0.25) is 5.91 Å². The minimum Gasteiger partial charge on any atom is -0.488 e. The van der Waals surface area contributed by atoms with E-state index in [1.807, 2.05) is 11.0 Å². The fourth-order valence-electron chi connectivity index (χ4n) is 4.54. The third-order valence-corrected chi connectivity index (χ3v) is 6.12. The average molecular weight is 364 g/mol. The van der Waals surface area contributed by atoms with Gasteiger partial charge in [0.15, 0.2) is 0 Å². The van der Waals surface area contributed by atoms with E-state index in [4.69, 9.17) is 4.74 Å². The summed E-state index contributed by atoms with van der Waals surface area (Å²) in [5, 5.41) is 0. The Morgan fingerprint density at radius 1 is 1.04 bits per heavy atom. The van der Waals surface area contributed by atoms with E-state index in [1.165, 1.54) is 41.5 Å². The van der Waals surface area contributed by atoms with Gasteiger partial charge in [-0.1, -0.05) is 42.5 Å². The van der Waals surface area contributed by atoms with Crippen LogP contribution in [-0.2, 0) is 24.2 Å². The minimum absolute atomic E-state index is 0.194. The number of hydrogen-bond acceptors (Lipinski definition) is 2. The molecule has 1 aliphatic carbocycles. The largest absolute Gasteiger partial charge is 0.488 e. The number of carbonyl (C=O) groups is 1. The highest BCUT2D eigenvalue weighted by molar-refractivity contribution is 5.73. The quantitative estimate of drug-likeness (QED) is 0.775. The summed E-state index contributed by atoms with van der Waals surface area (Å²) in [6.45, 7) is 4.01. The van der Waals surface area contributed by atoms with Crippen LogP contribution in [0.3, 0.4) is 0 Å². The molecule has 0 atom stereocenters. The number of amides is 1. The molecule has 27 heavy (non-hydrogen) atoms. The molecule has 2 aliphatic rings. The summed E-state index contributed by atoms with van der Waals surface area (Å²) in [5.74, 6) is 1.82. The van der Waals surface area contributed by atoms with Crippen LogP contribution in [-0.4, -0.2) is 23.9 Å². The first-order chi connectivity index (χ1) is 13.2. The molecule has 0 radical (unpaired) electrons. The molecular weight excluding hydrogens is 334 g/mol. The molecular formula is C24H29NO2. The molecule has 142 valence electrons. The van der Waals surface area contributed by atoms with Crippen molar-refractivity contribution in [3.63, 3.8) is 0 Å². The molecule has 0 N–H and O–H groups in total. The van der Waals surface area contributed by atoms with E-state index in [2.05, 4.69) is 36.4 Å². The van der Waals surface area contributed by atoms with Gasteiger partial charge >= 0.3 is 0 Å². The maximum absolute atomic E-state index is 11.7. The van der Waals surface area contributed by atoms with Crippen LogP contribution in [0, 0.1) is 0 Å². The molecule has 0 saturated carbocycles. The van der Waals surface area contributed by atoms with Crippen molar-refractivity contribution in [3.8, 4) is 5.75 Å². The summed E-state index contributed by atoms with van der Waals surface area (Å²) < 4.78 is 6.47. The highest BCUT2D eigenvalue weighted by Gasteiger charge is 2.27. The van der Waals surface area contributed by atoms with Gasteiger partial charge < -0.3 is 9.64 Å². The number of fused-ring (bicyclic) bond motifs is 1. The van der Waals surface area contributed by atoms with Crippen molar-refractivity contribution in [2.75, 3.05) is 13.1 Å². The Morgan fingerprint density at radius 2 is 1.78 bits per heavy atom. The van der Waals surface area contributed by atoms with Gasteiger partial charge in [-0.25, -0.2) is 0 Å². The van der Waals surface area contributed by atoms with Gasteiger partial charge in [-0.2, -0.15) is 0 Å². The van der Waals surface area contributed by atoms with Crippen LogP contribution in [0.5, 0.6) is 5.75 Å². The predicted molar refractivity (Wildman–Crippen MR) is 108 cm³/mol. The van der Waals surface area contributed by atoms with Crippen LogP contribution in [0.1, 0.15) is 60.8 Å². The molecule has 0 aromatic heterocycles. The van der Waals surface area contributed by atoms with Gasteiger partial charge in [-0.15, -0.1) is 0 Å². The van der Waals surface area contributed by atoms with Crippen molar-refractivity contribution in [1.29, 1.82) is 0 Å². The molecule has 1 aliphatic heterocycles. The van der Waals surface area contributed by atoms with E-state index in [1.54, 1.807) is 6.92 Å². The highest BCUT2D eigenvalue weighted by Crippen LogP contribution is 2.40. The number of likely N-dealkylation sites (tertiary alicyclic amines) is 1. The topological polar surface area (TPSA) is 29.5 Å². The van der Waals surface area contributed by atoms with Gasteiger partial charge in [-0.05, 0) is 66.7 Å².